The molecule has 1 aliphatic rings. The van der Waals surface area contributed by atoms with Gasteiger partial charge in [-0.1, -0.05) is 15.9 Å². The average Bonchev–Trinajstić information content (AvgIpc) is 3.06. The van der Waals surface area contributed by atoms with Gasteiger partial charge in [0.2, 0.25) is 5.91 Å². The molecule has 2 aromatic rings. The summed E-state index contributed by atoms with van der Waals surface area (Å²) in [7, 11) is 0. The number of nitrogens with one attached hydrogen (secondary N) is 2. The number of hydrogen-bond acceptors (Lipinski definition) is 3. The monoisotopic (exact) mass is 435 g/mol. The Hall–Kier alpha value is -1.86. The lowest BCUT2D eigenvalue weighted by Gasteiger charge is -2.31. The van der Waals surface area contributed by atoms with Crippen molar-refractivity contribution in [2.75, 3.05) is 18.4 Å². The van der Waals surface area contributed by atoms with Crippen molar-refractivity contribution in [2.45, 2.75) is 26.3 Å². The average molecular weight is 436 g/mol. The van der Waals surface area contributed by atoms with Crippen LogP contribution in [0.15, 0.2) is 40.2 Å². The molecule has 0 spiro atoms. The smallest absolute Gasteiger partial charge is 0.317 e. The summed E-state index contributed by atoms with van der Waals surface area (Å²) in [5, 5.41) is 7.97. The second kappa shape index (κ2) is 8.68. The lowest BCUT2D eigenvalue weighted by atomic mass is 9.96. The molecule has 1 fully saturated rings. The molecule has 2 heterocycles. The van der Waals surface area contributed by atoms with Crippen molar-refractivity contribution in [2.24, 2.45) is 5.92 Å². The number of amides is 3. The molecule has 26 heavy (non-hydrogen) atoms. The number of rotatable bonds is 4. The van der Waals surface area contributed by atoms with E-state index >= 15 is 0 Å². The van der Waals surface area contributed by atoms with E-state index in [2.05, 4.69) is 32.6 Å². The van der Waals surface area contributed by atoms with E-state index in [9.17, 15) is 9.59 Å². The lowest BCUT2D eigenvalue weighted by Crippen LogP contribution is -2.45. The fourth-order valence-corrected chi connectivity index (χ4v) is 4.09. The van der Waals surface area contributed by atoms with Crippen molar-refractivity contribution in [1.82, 2.24) is 10.2 Å². The Balaban J connectivity index is 1.44. The van der Waals surface area contributed by atoms with Crippen molar-refractivity contribution in [1.29, 1.82) is 0 Å². The van der Waals surface area contributed by atoms with Crippen molar-refractivity contribution >= 4 is 44.9 Å². The maximum atomic E-state index is 12.4. The summed E-state index contributed by atoms with van der Waals surface area (Å²) in [5.74, 6) is -0.0242. The fourth-order valence-electron chi connectivity index (χ4n) is 2.98. The van der Waals surface area contributed by atoms with Gasteiger partial charge in [0.15, 0.2) is 0 Å². The third kappa shape index (κ3) is 4.86. The third-order valence-corrected chi connectivity index (χ3v) is 6.18. The van der Waals surface area contributed by atoms with Gasteiger partial charge >= 0.3 is 6.03 Å². The molecule has 138 valence electrons. The van der Waals surface area contributed by atoms with E-state index in [0.29, 0.717) is 32.5 Å². The van der Waals surface area contributed by atoms with Gasteiger partial charge in [0.05, 0.1) is 6.54 Å². The van der Waals surface area contributed by atoms with E-state index in [1.165, 1.54) is 10.4 Å². The number of nitrogens with zero attached hydrogens (tertiary/aromatic N) is 1. The molecule has 0 aliphatic carbocycles. The number of halogens is 1. The van der Waals surface area contributed by atoms with Gasteiger partial charge in [0.1, 0.15) is 0 Å². The third-order valence-electron chi connectivity index (χ3n) is 4.63. The van der Waals surface area contributed by atoms with E-state index in [0.717, 1.165) is 10.2 Å². The number of carbonyl (C=O) groups excluding carboxylic acids is 2. The Bertz CT molecular complexity index is 767. The number of likely N-dealkylation sites (tertiary alicyclic amines) is 1. The molecule has 0 bridgehead atoms. The molecule has 0 atom stereocenters. The molecule has 1 aromatic carbocycles. The van der Waals surface area contributed by atoms with Crippen LogP contribution in [0.4, 0.5) is 10.5 Å². The minimum Gasteiger partial charge on any atom is -0.333 e. The Kier molecular flexibility index (Phi) is 6.32. The van der Waals surface area contributed by atoms with Gasteiger partial charge in [-0.3, -0.25) is 4.79 Å². The number of piperidine rings is 1. The van der Waals surface area contributed by atoms with Crippen molar-refractivity contribution < 1.29 is 9.59 Å². The first-order valence-electron chi connectivity index (χ1n) is 8.65. The van der Waals surface area contributed by atoms with Crippen LogP contribution in [0.1, 0.15) is 23.3 Å². The number of carbonyl (C=O) groups is 2. The van der Waals surface area contributed by atoms with Crippen LogP contribution >= 0.6 is 27.3 Å². The maximum Gasteiger partial charge on any atom is 0.317 e. The Morgan fingerprint density at radius 3 is 2.50 bits per heavy atom. The van der Waals surface area contributed by atoms with Gasteiger partial charge in [0, 0.05) is 34.0 Å². The predicted molar refractivity (Wildman–Crippen MR) is 108 cm³/mol. The van der Waals surface area contributed by atoms with Crippen LogP contribution in [0.25, 0.3) is 0 Å². The topological polar surface area (TPSA) is 61.4 Å². The summed E-state index contributed by atoms with van der Waals surface area (Å²) in [4.78, 5) is 27.7. The van der Waals surface area contributed by atoms with E-state index in [1.807, 2.05) is 36.6 Å². The van der Waals surface area contributed by atoms with Crippen LogP contribution in [0, 0.1) is 12.8 Å². The maximum absolute atomic E-state index is 12.4. The summed E-state index contributed by atoms with van der Waals surface area (Å²) in [6.07, 6.45) is 1.38. The van der Waals surface area contributed by atoms with Gasteiger partial charge in [-0.05, 0) is 61.0 Å². The Labute approximate surface area is 165 Å². The Morgan fingerprint density at radius 1 is 1.19 bits per heavy atom. The molecule has 3 rings (SSSR count). The van der Waals surface area contributed by atoms with Crippen LogP contribution in [0.5, 0.6) is 0 Å². The molecule has 1 aliphatic heterocycles. The normalized spacial score (nSPS) is 14.9. The Morgan fingerprint density at radius 2 is 1.88 bits per heavy atom. The molecule has 5 nitrogen and oxygen atoms in total. The van der Waals surface area contributed by atoms with Crippen molar-refractivity contribution in [3.05, 3.63) is 50.6 Å². The van der Waals surface area contributed by atoms with Crippen LogP contribution in [-0.4, -0.2) is 29.9 Å². The number of benzene rings is 1. The highest BCUT2D eigenvalue weighted by Crippen LogP contribution is 2.21. The summed E-state index contributed by atoms with van der Waals surface area (Å²) < 4.78 is 0.979. The second-order valence-electron chi connectivity index (χ2n) is 6.44. The molecule has 0 radical (unpaired) electrons. The van der Waals surface area contributed by atoms with E-state index in [1.54, 1.807) is 16.2 Å². The molecule has 3 amide bonds. The highest BCUT2D eigenvalue weighted by atomic mass is 79.9. The molecule has 1 saturated heterocycles. The molecule has 0 saturated carbocycles. The van der Waals surface area contributed by atoms with Gasteiger partial charge in [-0.2, -0.15) is 0 Å². The zero-order valence-electron chi connectivity index (χ0n) is 14.6. The predicted octanol–water partition coefficient (Wildman–Crippen LogP) is 4.38. The molecular formula is C19H22BrN3O2S. The van der Waals surface area contributed by atoms with Crippen LogP contribution in [0.3, 0.4) is 0 Å². The number of hydrogen-bond donors (Lipinski definition) is 2. The first-order valence-corrected chi connectivity index (χ1v) is 10.3. The number of urea groups is 1. The standard InChI is InChI=1S/C19H22BrN3O2S/c1-13-8-11-26-17(13)12-21-19(25)23-9-6-14(7-10-23)18(24)22-16-4-2-15(20)3-5-16/h2-5,8,11,14H,6-7,9-10,12H2,1H3,(H,21,25)(H,22,24). The van der Waals surface area contributed by atoms with Gasteiger partial charge in [-0.25, -0.2) is 4.79 Å². The van der Waals surface area contributed by atoms with E-state index in [-0.39, 0.29) is 17.9 Å². The van der Waals surface area contributed by atoms with Gasteiger partial charge in [-0.15, -0.1) is 11.3 Å². The zero-order valence-corrected chi connectivity index (χ0v) is 17.0. The highest BCUT2D eigenvalue weighted by Gasteiger charge is 2.27. The van der Waals surface area contributed by atoms with Crippen LogP contribution < -0.4 is 10.6 Å². The number of anilines is 1. The fraction of sp³-hybridized carbons (Fsp3) is 0.368. The first kappa shape index (κ1) is 18.9. The van der Waals surface area contributed by atoms with Crippen molar-refractivity contribution in [3.63, 3.8) is 0 Å². The largest absolute Gasteiger partial charge is 0.333 e. The molecular weight excluding hydrogens is 414 g/mol. The van der Waals surface area contributed by atoms with E-state index in [4.69, 9.17) is 0 Å². The minimum absolute atomic E-state index is 0.0293. The molecule has 2 N–H and O–H groups in total. The first-order chi connectivity index (χ1) is 12.5. The molecule has 0 unspecified atom stereocenters. The summed E-state index contributed by atoms with van der Waals surface area (Å²) in [6, 6.07) is 9.55. The SMILES string of the molecule is Cc1ccsc1CNC(=O)N1CCC(C(=O)Nc2ccc(Br)cc2)CC1. The summed E-state index contributed by atoms with van der Waals surface area (Å²) in [5.41, 5.74) is 2.00. The van der Waals surface area contributed by atoms with E-state index < -0.39 is 0 Å². The number of thiophene rings is 1. The minimum atomic E-state index is -0.0535. The second-order valence-corrected chi connectivity index (χ2v) is 8.36. The van der Waals surface area contributed by atoms with Crippen LogP contribution in [0.2, 0.25) is 0 Å². The van der Waals surface area contributed by atoms with Gasteiger partial charge in [0.25, 0.3) is 0 Å². The molecule has 1 aromatic heterocycles. The van der Waals surface area contributed by atoms with Crippen molar-refractivity contribution in [3.8, 4) is 0 Å². The summed E-state index contributed by atoms with van der Waals surface area (Å²) >= 11 is 5.04. The zero-order chi connectivity index (χ0) is 18.5. The number of aryl methyl sites for hydroxylation is 1. The summed E-state index contributed by atoms with van der Waals surface area (Å²) in [6.45, 7) is 3.82. The van der Waals surface area contributed by atoms with Crippen LogP contribution in [-0.2, 0) is 11.3 Å². The quantitative estimate of drug-likeness (QED) is 0.748. The molecule has 7 heteroatoms. The lowest BCUT2D eigenvalue weighted by molar-refractivity contribution is -0.121. The highest BCUT2D eigenvalue weighted by molar-refractivity contribution is 9.10. The van der Waals surface area contributed by atoms with Gasteiger partial charge < -0.3 is 15.5 Å².